The van der Waals surface area contributed by atoms with Crippen LogP contribution in [0.15, 0.2) is 18.2 Å². The Balaban J connectivity index is 1.97. The van der Waals surface area contributed by atoms with E-state index in [1.54, 1.807) is 12.1 Å². The molecule has 0 heterocycles. The van der Waals surface area contributed by atoms with Gasteiger partial charge in [-0.15, -0.1) is 12.3 Å². The maximum absolute atomic E-state index is 11.8. The van der Waals surface area contributed by atoms with Gasteiger partial charge in [-0.3, -0.25) is 0 Å². The van der Waals surface area contributed by atoms with Crippen LogP contribution < -0.4 is 11.5 Å². The molecule has 0 fully saturated rings. The van der Waals surface area contributed by atoms with Crippen molar-refractivity contribution in [2.24, 2.45) is 0 Å². The first-order valence-electron chi connectivity index (χ1n) is 7.64. The molecule has 0 saturated heterocycles. The Kier molecular flexibility index (Phi) is 10.0. The molecule has 0 saturated carbocycles. The summed E-state index contributed by atoms with van der Waals surface area (Å²) in [5.41, 5.74) is 12.4. The largest absolute Gasteiger partial charge is 0.460 e. The van der Waals surface area contributed by atoms with E-state index < -0.39 is 5.97 Å². The van der Waals surface area contributed by atoms with Crippen molar-refractivity contribution in [1.29, 1.82) is 0 Å². The van der Waals surface area contributed by atoms with E-state index in [0.29, 0.717) is 56.4 Å². The van der Waals surface area contributed by atoms with E-state index in [2.05, 4.69) is 5.92 Å². The molecule has 0 aromatic heterocycles. The summed E-state index contributed by atoms with van der Waals surface area (Å²) in [7, 11) is 0. The van der Waals surface area contributed by atoms with Crippen molar-refractivity contribution in [2.45, 2.75) is 6.42 Å². The molecule has 0 bridgehead atoms. The Bertz CT molecular complexity index is 542. The van der Waals surface area contributed by atoms with Crippen LogP contribution in [0.25, 0.3) is 0 Å². The van der Waals surface area contributed by atoms with E-state index in [4.69, 9.17) is 36.8 Å². The Morgan fingerprint density at radius 2 is 1.50 bits per heavy atom. The fourth-order valence-electron chi connectivity index (χ4n) is 1.65. The van der Waals surface area contributed by atoms with Gasteiger partial charge in [-0.2, -0.15) is 0 Å². The molecule has 0 amide bonds. The number of nitrogens with two attached hydrogens (primary N) is 2. The molecule has 0 spiro atoms. The van der Waals surface area contributed by atoms with Crippen LogP contribution in [-0.2, 0) is 18.9 Å². The third-order valence-corrected chi connectivity index (χ3v) is 2.92. The summed E-state index contributed by atoms with van der Waals surface area (Å²) in [6.07, 6.45) is 5.70. The van der Waals surface area contributed by atoms with Gasteiger partial charge in [0.25, 0.3) is 0 Å². The first kappa shape index (κ1) is 19.8. The van der Waals surface area contributed by atoms with Crippen LogP contribution in [0.5, 0.6) is 0 Å². The molecular weight excluding hydrogens is 312 g/mol. The number of terminal acetylenes is 1. The number of hydrogen-bond donors (Lipinski definition) is 2. The lowest BCUT2D eigenvalue weighted by Crippen LogP contribution is -2.14. The molecule has 0 aliphatic rings. The van der Waals surface area contributed by atoms with Crippen molar-refractivity contribution >= 4 is 17.3 Å². The van der Waals surface area contributed by atoms with Crippen LogP contribution >= 0.6 is 0 Å². The minimum absolute atomic E-state index is 0.151. The normalized spacial score (nSPS) is 10.3. The maximum atomic E-state index is 11.8. The Hall–Kier alpha value is -2.27. The molecule has 24 heavy (non-hydrogen) atoms. The van der Waals surface area contributed by atoms with Gasteiger partial charge in [0.05, 0.1) is 56.6 Å². The minimum atomic E-state index is -0.467. The van der Waals surface area contributed by atoms with Crippen LogP contribution in [-0.4, -0.2) is 52.2 Å². The van der Waals surface area contributed by atoms with Crippen LogP contribution in [0, 0.1) is 12.3 Å². The lowest BCUT2D eigenvalue weighted by molar-refractivity contribution is 0.00109. The van der Waals surface area contributed by atoms with Crippen molar-refractivity contribution < 1.29 is 23.7 Å². The highest BCUT2D eigenvalue weighted by Crippen LogP contribution is 2.16. The van der Waals surface area contributed by atoms with E-state index in [-0.39, 0.29) is 13.2 Å². The van der Waals surface area contributed by atoms with Gasteiger partial charge in [0.15, 0.2) is 0 Å². The van der Waals surface area contributed by atoms with Crippen LogP contribution in [0.3, 0.4) is 0 Å². The third kappa shape index (κ3) is 8.39. The van der Waals surface area contributed by atoms with E-state index in [1.165, 1.54) is 6.07 Å². The number of anilines is 2. The summed E-state index contributed by atoms with van der Waals surface area (Å²) < 4.78 is 20.9. The first-order chi connectivity index (χ1) is 11.6. The SMILES string of the molecule is C#CCCOCCOCCOCCOC(=O)c1ccc(N)c(N)c1. The molecule has 1 aromatic rings. The summed E-state index contributed by atoms with van der Waals surface area (Å²) in [6, 6.07) is 4.61. The van der Waals surface area contributed by atoms with Crippen LogP contribution in [0.2, 0.25) is 0 Å². The highest BCUT2D eigenvalue weighted by Gasteiger charge is 2.08. The van der Waals surface area contributed by atoms with Crippen LogP contribution in [0.1, 0.15) is 16.8 Å². The summed E-state index contributed by atoms with van der Waals surface area (Å²) in [5.74, 6) is 2.02. The molecule has 0 aliphatic carbocycles. The highest BCUT2D eigenvalue weighted by molar-refractivity contribution is 5.91. The lowest BCUT2D eigenvalue weighted by atomic mass is 10.2. The second kappa shape index (κ2) is 12.2. The van der Waals surface area contributed by atoms with Gasteiger partial charge < -0.3 is 30.4 Å². The summed E-state index contributed by atoms with van der Waals surface area (Å²) >= 11 is 0. The average molecular weight is 336 g/mol. The molecular formula is C17H24N2O5. The molecule has 1 aromatic carbocycles. The number of ether oxygens (including phenoxy) is 4. The third-order valence-electron chi connectivity index (χ3n) is 2.92. The molecule has 0 radical (unpaired) electrons. The summed E-state index contributed by atoms with van der Waals surface area (Å²) in [4.78, 5) is 11.8. The van der Waals surface area contributed by atoms with E-state index in [9.17, 15) is 4.79 Å². The smallest absolute Gasteiger partial charge is 0.338 e. The highest BCUT2D eigenvalue weighted by atomic mass is 16.6. The van der Waals surface area contributed by atoms with Crippen LogP contribution in [0.4, 0.5) is 11.4 Å². The number of carbonyl (C=O) groups is 1. The Labute approximate surface area is 142 Å². The molecule has 7 nitrogen and oxygen atoms in total. The van der Waals surface area contributed by atoms with Gasteiger partial charge in [0, 0.05) is 6.42 Å². The fourth-order valence-corrected chi connectivity index (χ4v) is 1.65. The van der Waals surface area contributed by atoms with Crippen molar-refractivity contribution in [2.75, 3.05) is 57.7 Å². The van der Waals surface area contributed by atoms with Crippen molar-refractivity contribution in [3.8, 4) is 12.3 Å². The number of rotatable bonds is 12. The molecule has 0 atom stereocenters. The van der Waals surface area contributed by atoms with Gasteiger partial charge in [0.2, 0.25) is 0 Å². The predicted molar refractivity (Wildman–Crippen MR) is 91.5 cm³/mol. The molecule has 0 unspecified atom stereocenters. The standard InChI is InChI=1S/C17H24N2O5/c1-2-3-6-21-7-8-22-9-10-23-11-12-24-17(20)14-4-5-15(18)16(19)13-14/h1,4-5,13H,3,6-12,18-19H2. The van der Waals surface area contributed by atoms with Gasteiger partial charge in [0.1, 0.15) is 6.61 Å². The number of hydrogen-bond acceptors (Lipinski definition) is 7. The maximum Gasteiger partial charge on any atom is 0.338 e. The van der Waals surface area contributed by atoms with E-state index >= 15 is 0 Å². The second-order valence-corrected chi connectivity index (χ2v) is 4.77. The molecule has 4 N–H and O–H groups in total. The predicted octanol–water partition coefficient (Wildman–Crippen LogP) is 1.08. The van der Waals surface area contributed by atoms with Gasteiger partial charge >= 0.3 is 5.97 Å². The van der Waals surface area contributed by atoms with Gasteiger partial charge in [-0.05, 0) is 18.2 Å². The molecule has 0 aliphatic heterocycles. The fraction of sp³-hybridized carbons (Fsp3) is 0.471. The number of nitrogen functional groups attached to an aromatic ring is 2. The molecule has 132 valence electrons. The number of benzene rings is 1. The summed E-state index contributed by atoms with van der Waals surface area (Å²) in [6.45, 7) is 2.83. The Morgan fingerprint density at radius 1 is 0.917 bits per heavy atom. The number of esters is 1. The zero-order chi connectivity index (χ0) is 17.6. The van der Waals surface area contributed by atoms with Crippen molar-refractivity contribution in [3.05, 3.63) is 23.8 Å². The van der Waals surface area contributed by atoms with Gasteiger partial charge in [-0.1, -0.05) is 0 Å². The summed E-state index contributed by atoms with van der Waals surface area (Å²) in [5, 5.41) is 0. The number of carbonyl (C=O) groups excluding carboxylic acids is 1. The zero-order valence-electron chi connectivity index (χ0n) is 13.7. The first-order valence-corrected chi connectivity index (χ1v) is 7.64. The van der Waals surface area contributed by atoms with Gasteiger partial charge in [-0.25, -0.2) is 4.79 Å². The minimum Gasteiger partial charge on any atom is -0.460 e. The van der Waals surface area contributed by atoms with E-state index in [1.807, 2.05) is 0 Å². The second-order valence-electron chi connectivity index (χ2n) is 4.77. The van der Waals surface area contributed by atoms with Crippen molar-refractivity contribution in [3.63, 3.8) is 0 Å². The van der Waals surface area contributed by atoms with E-state index in [0.717, 1.165) is 0 Å². The topological polar surface area (TPSA) is 106 Å². The lowest BCUT2D eigenvalue weighted by Gasteiger charge is -2.08. The zero-order valence-corrected chi connectivity index (χ0v) is 13.7. The molecule has 1 rings (SSSR count). The monoisotopic (exact) mass is 336 g/mol. The Morgan fingerprint density at radius 3 is 2.08 bits per heavy atom. The quantitative estimate of drug-likeness (QED) is 0.255. The average Bonchev–Trinajstić information content (AvgIpc) is 2.58. The van der Waals surface area contributed by atoms with Crippen molar-refractivity contribution in [1.82, 2.24) is 0 Å². The molecule has 7 heteroatoms.